The number of halogens is 4. The Balaban J connectivity index is 1.49. The van der Waals surface area contributed by atoms with Gasteiger partial charge >= 0.3 is 6.55 Å². The molecule has 0 radical (unpaired) electrons. The van der Waals surface area contributed by atoms with E-state index in [1.807, 2.05) is 9.80 Å². The van der Waals surface area contributed by atoms with E-state index in [4.69, 9.17) is 4.98 Å². The second-order valence-corrected chi connectivity index (χ2v) is 10.6. The number of anilines is 1. The maximum absolute atomic E-state index is 14.2. The van der Waals surface area contributed by atoms with Gasteiger partial charge in [-0.05, 0) is 32.9 Å². The highest BCUT2D eigenvalue weighted by molar-refractivity contribution is 5.83. The first-order chi connectivity index (χ1) is 18.8. The maximum atomic E-state index is 14.2. The Bertz CT molecular complexity index is 1530. The van der Waals surface area contributed by atoms with Crippen LogP contribution >= 0.6 is 0 Å². The van der Waals surface area contributed by atoms with Crippen LogP contribution in [0.2, 0.25) is 0 Å². The first-order valence-electron chi connectivity index (χ1n) is 12.7. The molecule has 40 heavy (non-hydrogen) atoms. The summed E-state index contributed by atoms with van der Waals surface area (Å²) in [6.07, 6.45) is 3.90. The topological polar surface area (TPSA) is 103 Å². The van der Waals surface area contributed by atoms with Crippen molar-refractivity contribution >= 4 is 16.9 Å². The summed E-state index contributed by atoms with van der Waals surface area (Å²) in [5, 5.41) is 25.2. The minimum absolute atomic E-state index is 0.192. The molecule has 2 N–H and O–H groups in total. The lowest BCUT2D eigenvalue weighted by molar-refractivity contribution is -0.127. The van der Waals surface area contributed by atoms with Gasteiger partial charge in [-0.2, -0.15) is 13.9 Å². The number of hydrogen-bond acceptors (Lipinski definition) is 8. The molecule has 4 heterocycles. The van der Waals surface area contributed by atoms with Crippen LogP contribution in [0.25, 0.3) is 22.3 Å². The summed E-state index contributed by atoms with van der Waals surface area (Å²) in [5.74, 6) is -0.812. The molecule has 1 aliphatic heterocycles. The first kappa shape index (κ1) is 27.9. The van der Waals surface area contributed by atoms with Gasteiger partial charge in [0.25, 0.3) is 0 Å². The normalized spacial score (nSPS) is 16.6. The zero-order valence-corrected chi connectivity index (χ0v) is 22.2. The van der Waals surface area contributed by atoms with E-state index in [-0.39, 0.29) is 5.69 Å². The van der Waals surface area contributed by atoms with Crippen molar-refractivity contribution in [1.82, 2.24) is 29.6 Å². The molecular formula is C27H29F4N7O2. The van der Waals surface area contributed by atoms with Crippen molar-refractivity contribution in [3.8, 4) is 11.3 Å². The molecule has 1 unspecified atom stereocenters. The van der Waals surface area contributed by atoms with Gasteiger partial charge in [-0.1, -0.05) is 6.07 Å². The van der Waals surface area contributed by atoms with Crippen molar-refractivity contribution < 1.29 is 27.8 Å². The summed E-state index contributed by atoms with van der Waals surface area (Å²) in [5.41, 5.74) is -1.18. The van der Waals surface area contributed by atoms with Crippen LogP contribution in [0.1, 0.15) is 38.6 Å². The van der Waals surface area contributed by atoms with Gasteiger partial charge in [0.15, 0.2) is 5.82 Å². The van der Waals surface area contributed by atoms with Crippen molar-refractivity contribution in [3.05, 3.63) is 65.7 Å². The summed E-state index contributed by atoms with van der Waals surface area (Å²) in [7, 11) is 0. The fourth-order valence-electron chi connectivity index (χ4n) is 4.52. The minimum atomic E-state index is -2.82. The molecule has 0 bridgehead atoms. The quantitative estimate of drug-likeness (QED) is 0.329. The number of nitrogens with zero attached hydrogens (tertiary/aromatic N) is 7. The molecule has 1 aliphatic rings. The van der Waals surface area contributed by atoms with Crippen molar-refractivity contribution in [2.24, 2.45) is 0 Å². The van der Waals surface area contributed by atoms with E-state index in [1.54, 1.807) is 6.07 Å². The number of fused-ring (bicyclic) bond motifs is 1. The molecule has 0 saturated carbocycles. The molecule has 1 aromatic carbocycles. The van der Waals surface area contributed by atoms with Crippen LogP contribution in [0.5, 0.6) is 0 Å². The second kappa shape index (κ2) is 10.4. The molecule has 212 valence electrons. The third-order valence-corrected chi connectivity index (χ3v) is 7.38. The van der Waals surface area contributed by atoms with Crippen LogP contribution in [-0.2, 0) is 12.1 Å². The summed E-state index contributed by atoms with van der Waals surface area (Å²) in [6.45, 7) is 3.87. The van der Waals surface area contributed by atoms with Crippen molar-refractivity contribution in [3.63, 3.8) is 0 Å². The average molecular weight is 560 g/mol. The standard InChI is InChI=1S/C27H29F4N7O2/c1-26(2,39)27(3,40)22-11-20-21(13-32-22)34-23(17-12-33-38(15-17)25(30)31)24(35-20)37-8-6-36(7-9-37)14-16-4-5-18(28)10-19(16)29/h4-5,10-13,15,25,39-40H,6-9,14H2,1-3H3. The molecule has 13 heteroatoms. The zero-order chi connectivity index (χ0) is 28.8. The molecule has 1 atom stereocenters. The van der Waals surface area contributed by atoms with Crippen LogP contribution in [0, 0.1) is 11.6 Å². The molecule has 0 aliphatic carbocycles. The Kier molecular flexibility index (Phi) is 7.23. The summed E-state index contributed by atoms with van der Waals surface area (Å²) in [4.78, 5) is 17.7. The predicted molar refractivity (Wildman–Crippen MR) is 140 cm³/mol. The van der Waals surface area contributed by atoms with Crippen LogP contribution in [0.15, 0.2) is 42.9 Å². The lowest BCUT2D eigenvalue weighted by atomic mass is 9.84. The molecule has 5 rings (SSSR count). The zero-order valence-electron chi connectivity index (χ0n) is 22.2. The molecule has 4 aromatic rings. The van der Waals surface area contributed by atoms with Crippen molar-refractivity contribution in [2.75, 3.05) is 31.1 Å². The monoisotopic (exact) mass is 559 g/mol. The number of hydrogen-bond donors (Lipinski definition) is 2. The molecule has 1 saturated heterocycles. The number of alkyl halides is 2. The Hall–Kier alpha value is -3.68. The SMILES string of the molecule is CC(C)(O)C(C)(O)c1cc2nc(N3CCN(Cc4ccc(F)cc4F)CC3)c(-c3cnn(C(F)F)c3)nc2cn1. The first-order valence-corrected chi connectivity index (χ1v) is 12.7. The molecule has 3 aromatic heterocycles. The number of pyridine rings is 1. The number of aliphatic hydroxyl groups is 2. The van der Waals surface area contributed by atoms with Gasteiger partial charge in [-0.15, -0.1) is 0 Å². The van der Waals surface area contributed by atoms with E-state index >= 15 is 0 Å². The second-order valence-electron chi connectivity index (χ2n) is 10.6. The van der Waals surface area contributed by atoms with E-state index in [0.29, 0.717) is 71.1 Å². The van der Waals surface area contributed by atoms with E-state index in [9.17, 15) is 27.8 Å². The van der Waals surface area contributed by atoms with Crippen molar-refractivity contribution in [1.29, 1.82) is 0 Å². The Morgan fingerprint density at radius 3 is 2.30 bits per heavy atom. The smallest absolute Gasteiger partial charge is 0.333 e. The average Bonchev–Trinajstić information content (AvgIpc) is 3.40. The number of aromatic nitrogens is 5. The predicted octanol–water partition coefficient (Wildman–Crippen LogP) is 3.86. The van der Waals surface area contributed by atoms with Gasteiger partial charge in [0, 0.05) is 56.1 Å². The van der Waals surface area contributed by atoms with E-state index < -0.39 is 29.4 Å². The Labute approximate surface area is 227 Å². The molecule has 0 amide bonds. The van der Waals surface area contributed by atoms with Gasteiger partial charge < -0.3 is 15.1 Å². The summed E-state index contributed by atoms with van der Waals surface area (Å²) in [6, 6.07) is 5.06. The number of benzene rings is 1. The van der Waals surface area contributed by atoms with E-state index in [0.717, 1.165) is 6.07 Å². The van der Waals surface area contributed by atoms with Gasteiger partial charge in [0.05, 0.1) is 29.2 Å². The number of piperazine rings is 1. The lowest BCUT2D eigenvalue weighted by Crippen LogP contribution is -2.46. The van der Waals surface area contributed by atoms with Gasteiger partial charge in [-0.3, -0.25) is 9.88 Å². The van der Waals surface area contributed by atoms with Gasteiger partial charge in [0.1, 0.15) is 28.4 Å². The van der Waals surface area contributed by atoms with E-state index in [1.165, 1.54) is 51.5 Å². The fraction of sp³-hybridized carbons (Fsp3) is 0.407. The van der Waals surface area contributed by atoms with Crippen LogP contribution < -0.4 is 4.90 Å². The Morgan fingerprint density at radius 2 is 1.68 bits per heavy atom. The van der Waals surface area contributed by atoms with Crippen LogP contribution in [0.3, 0.4) is 0 Å². The largest absolute Gasteiger partial charge is 0.387 e. The number of rotatable bonds is 7. The third kappa shape index (κ3) is 5.36. The van der Waals surface area contributed by atoms with Crippen molar-refractivity contribution in [2.45, 2.75) is 45.1 Å². The lowest BCUT2D eigenvalue weighted by Gasteiger charge is -2.36. The van der Waals surface area contributed by atoms with Crippen LogP contribution in [0.4, 0.5) is 23.4 Å². The molecule has 0 spiro atoms. The highest BCUT2D eigenvalue weighted by atomic mass is 19.3. The van der Waals surface area contributed by atoms with E-state index in [2.05, 4.69) is 15.1 Å². The highest BCUT2D eigenvalue weighted by Gasteiger charge is 2.41. The molecule has 9 nitrogen and oxygen atoms in total. The summed E-state index contributed by atoms with van der Waals surface area (Å²) >= 11 is 0. The van der Waals surface area contributed by atoms with Gasteiger partial charge in [0.2, 0.25) is 0 Å². The Morgan fingerprint density at radius 1 is 0.950 bits per heavy atom. The maximum Gasteiger partial charge on any atom is 0.333 e. The van der Waals surface area contributed by atoms with Gasteiger partial charge in [-0.25, -0.2) is 23.4 Å². The fourth-order valence-corrected chi connectivity index (χ4v) is 4.52. The molecular weight excluding hydrogens is 530 g/mol. The minimum Gasteiger partial charge on any atom is -0.387 e. The highest BCUT2D eigenvalue weighted by Crippen LogP contribution is 2.35. The molecule has 1 fully saturated rings. The third-order valence-electron chi connectivity index (χ3n) is 7.38. The van der Waals surface area contributed by atoms with Crippen LogP contribution in [-0.4, -0.2) is 71.6 Å². The summed E-state index contributed by atoms with van der Waals surface area (Å²) < 4.78 is 54.6.